The van der Waals surface area contributed by atoms with E-state index in [-0.39, 0.29) is 19.0 Å². The summed E-state index contributed by atoms with van der Waals surface area (Å²) in [4.78, 5) is 29.2. The Morgan fingerprint density at radius 3 is 2.28 bits per heavy atom. The highest BCUT2D eigenvalue weighted by Crippen LogP contribution is 2.19. The van der Waals surface area contributed by atoms with Crippen molar-refractivity contribution in [1.82, 2.24) is 14.7 Å². The highest BCUT2D eigenvalue weighted by molar-refractivity contribution is 5.94. The predicted molar refractivity (Wildman–Crippen MR) is 99.0 cm³/mol. The third kappa shape index (κ3) is 6.08. The highest BCUT2D eigenvalue weighted by Gasteiger charge is 2.34. The number of alkyl halides is 3. The number of hydrogen-bond acceptors (Lipinski definition) is 4. The van der Waals surface area contributed by atoms with Crippen LogP contribution in [0, 0.1) is 0 Å². The molecular weight excluding hydrogens is 387 g/mol. The van der Waals surface area contributed by atoms with Crippen LogP contribution in [0.1, 0.15) is 16.1 Å². The third-order valence-corrected chi connectivity index (χ3v) is 4.69. The van der Waals surface area contributed by atoms with Gasteiger partial charge < -0.3 is 14.2 Å². The van der Waals surface area contributed by atoms with Gasteiger partial charge in [0, 0.05) is 31.7 Å². The van der Waals surface area contributed by atoms with Crippen molar-refractivity contribution in [3.63, 3.8) is 0 Å². The molecule has 29 heavy (non-hydrogen) atoms. The minimum atomic E-state index is -4.50. The van der Waals surface area contributed by atoms with E-state index in [0.29, 0.717) is 37.5 Å². The molecule has 2 amide bonds. The largest absolute Gasteiger partial charge is 0.467 e. The van der Waals surface area contributed by atoms with Crippen molar-refractivity contribution in [3.05, 3.63) is 60.1 Å². The summed E-state index contributed by atoms with van der Waals surface area (Å²) in [6.07, 6.45) is -3.14. The Hall–Kier alpha value is -2.81. The second kappa shape index (κ2) is 9.13. The molecule has 2 heterocycles. The molecule has 156 valence electrons. The van der Waals surface area contributed by atoms with E-state index >= 15 is 0 Å². The summed E-state index contributed by atoms with van der Waals surface area (Å²) in [7, 11) is 0. The molecule has 3 rings (SSSR count). The minimum absolute atomic E-state index is 0.0897. The molecule has 0 unspecified atom stereocenters. The number of carbonyl (C=O) groups excluding carboxylic acids is 2. The fourth-order valence-electron chi connectivity index (χ4n) is 3.20. The molecule has 0 spiro atoms. The SMILES string of the molecule is O=C(CN1CCN(C(=O)c2ccccc2)CC1)N(Cc1ccco1)CC(F)(F)F. The van der Waals surface area contributed by atoms with Gasteiger partial charge >= 0.3 is 6.18 Å². The van der Waals surface area contributed by atoms with Crippen LogP contribution in [0.15, 0.2) is 53.1 Å². The van der Waals surface area contributed by atoms with Crippen molar-refractivity contribution in [2.75, 3.05) is 39.3 Å². The van der Waals surface area contributed by atoms with Crippen LogP contribution in [0.2, 0.25) is 0 Å². The van der Waals surface area contributed by atoms with Crippen LogP contribution in [-0.2, 0) is 11.3 Å². The zero-order valence-electron chi connectivity index (χ0n) is 15.8. The lowest BCUT2D eigenvalue weighted by Crippen LogP contribution is -2.52. The van der Waals surface area contributed by atoms with Gasteiger partial charge in [0.2, 0.25) is 5.91 Å². The standard InChI is InChI=1S/C20H22F3N3O3/c21-20(22,23)15-26(13-17-7-4-12-29-17)18(27)14-24-8-10-25(11-9-24)19(28)16-5-2-1-3-6-16/h1-7,12H,8-11,13-15H2. The fourth-order valence-corrected chi connectivity index (χ4v) is 3.20. The summed E-state index contributed by atoms with van der Waals surface area (Å²) < 4.78 is 43.8. The van der Waals surface area contributed by atoms with E-state index in [1.54, 1.807) is 40.1 Å². The number of piperazine rings is 1. The van der Waals surface area contributed by atoms with E-state index in [1.807, 2.05) is 6.07 Å². The second-order valence-electron chi connectivity index (χ2n) is 6.88. The molecule has 0 radical (unpaired) electrons. The van der Waals surface area contributed by atoms with Gasteiger partial charge in [-0.15, -0.1) is 0 Å². The molecule has 1 aliphatic rings. The first-order valence-corrected chi connectivity index (χ1v) is 9.25. The monoisotopic (exact) mass is 409 g/mol. The molecule has 1 fully saturated rings. The van der Waals surface area contributed by atoms with Crippen LogP contribution in [0.5, 0.6) is 0 Å². The molecule has 1 aromatic carbocycles. The molecule has 0 N–H and O–H groups in total. The zero-order chi connectivity index (χ0) is 20.9. The van der Waals surface area contributed by atoms with E-state index in [0.717, 1.165) is 4.90 Å². The summed E-state index contributed by atoms with van der Waals surface area (Å²) in [5, 5.41) is 0. The molecular formula is C20H22F3N3O3. The summed E-state index contributed by atoms with van der Waals surface area (Å²) in [6, 6.07) is 12.0. The summed E-state index contributed by atoms with van der Waals surface area (Å²) in [5.74, 6) is -0.421. The lowest BCUT2D eigenvalue weighted by atomic mass is 10.2. The van der Waals surface area contributed by atoms with Crippen molar-refractivity contribution >= 4 is 11.8 Å². The van der Waals surface area contributed by atoms with Gasteiger partial charge in [-0.1, -0.05) is 18.2 Å². The summed E-state index contributed by atoms with van der Waals surface area (Å²) in [6.45, 7) is -0.0340. The smallest absolute Gasteiger partial charge is 0.406 e. The molecule has 0 saturated carbocycles. The molecule has 1 aromatic heterocycles. The Balaban J connectivity index is 1.54. The molecule has 0 aliphatic carbocycles. The molecule has 1 aliphatic heterocycles. The van der Waals surface area contributed by atoms with Gasteiger partial charge in [0.1, 0.15) is 12.3 Å². The second-order valence-corrected chi connectivity index (χ2v) is 6.88. The third-order valence-electron chi connectivity index (χ3n) is 4.69. The molecule has 1 saturated heterocycles. The number of rotatable bonds is 6. The van der Waals surface area contributed by atoms with Crippen molar-refractivity contribution in [2.24, 2.45) is 0 Å². The number of benzene rings is 1. The average molecular weight is 409 g/mol. The van der Waals surface area contributed by atoms with Gasteiger partial charge in [-0.05, 0) is 24.3 Å². The van der Waals surface area contributed by atoms with Crippen LogP contribution in [-0.4, -0.2) is 72.0 Å². The van der Waals surface area contributed by atoms with Crippen LogP contribution in [0.3, 0.4) is 0 Å². The number of amides is 2. The summed E-state index contributed by atoms with van der Waals surface area (Å²) in [5.41, 5.74) is 0.590. The van der Waals surface area contributed by atoms with E-state index in [4.69, 9.17) is 4.42 Å². The number of hydrogen-bond donors (Lipinski definition) is 0. The average Bonchev–Trinajstić information content (AvgIpc) is 3.20. The molecule has 2 aromatic rings. The summed E-state index contributed by atoms with van der Waals surface area (Å²) >= 11 is 0. The van der Waals surface area contributed by atoms with Gasteiger partial charge in [0.15, 0.2) is 0 Å². The lowest BCUT2D eigenvalue weighted by Gasteiger charge is -2.35. The van der Waals surface area contributed by atoms with E-state index < -0.39 is 18.6 Å². The zero-order valence-corrected chi connectivity index (χ0v) is 15.8. The van der Waals surface area contributed by atoms with Crippen LogP contribution in [0.25, 0.3) is 0 Å². The molecule has 6 nitrogen and oxygen atoms in total. The number of nitrogens with zero attached hydrogens (tertiary/aromatic N) is 3. The van der Waals surface area contributed by atoms with Gasteiger partial charge in [-0.3, -0.25) is 14.5 Å². The maximum Gasteiger partial charge on any atom is 0.406 e. The topological polar surface area (TPSA) is 57.0 Å². The van der Waals surface area contributed by atoms with Crippen LogP contribution in [0.4, 0.5) is 13.2 Å². The molecule has 0 atom stereocenters. The van der Waals surface area contributed by atoms with Crippen LogP contribution >= 0.6 is 0 Å². The maximum atomic E-state index is 12.9. The first kappa shape index (κ1) is 20.9. The van der Waals surface area contributed by atoms with E-state index in [9.17, 15) is 22.8 Å². The molecule has 0 bridgehead atoms. The van der Waals surface area contributed by atoms with Gasteiger partial charge in [-0.2, -0.15) is 13.2 Å². The van der Waals surface area contributed by atoms with Crippen LogP contribution < -0.4 is 0 Å². The highest BCUT2D eigenvalue weighted by atomic mass is 19.4. The first-order valence-electron chi connectivity index (χ1n) is 9.25. The molecule has 9 heteroatoms. The van der Waals surface area contributed by atoms with Gasteiger partial charge in [0.25, 0.3) is 5.91 Å². The number of furan rings is 1. The Kier molecular flexibility index (Phi) is 6.58. The van der Waals surface area contributed by atoms with Crippen molar-refractivity contribution in [2.45, 2.75) is 12.7 Å². The normalized spacial score (nSPS) is 15.3. The van der Waals surface area contributed by atoms with E-state index in [2.05, 4.69) is 0 Å². The number of carbonyl (C=O) groups is 2. The Morgan fingerprint density at radius 1 is 1.00 bits per heavy atom. The first-order chi connectivity index (χ1) is 13.8. The van der Waals surface area contributed by atoms with Crippen molar-refractivity contribution < 1.29 is 27.2 Å². The Labute approximate surface area is 166 Å². The quantitative estimate of drug-likeness (QED) is 0.736. The fraction of sp³-hybridized carbons (Fsp3) is 0.400. The number of halogens is 3. The van der Waals surface area contributed by atoms with Crippen molar-refractivity contribution in [1.29, 1.82) is 0 Å². The van der Waals surface area contributed by atoms with Gasteiger partial charge in [-0.25, -0.2) is 0 Å². The Morgan fingerprint density at radius 2 is 1.69 bits per heavy atom. The minimum Gasteiger partial charge on any atom is -0.467 e. The lowest BCUT2D eigenvalue weighted by molar-refractivity contribution is -0.163. The van der Waals surface area contributed by atoms with Gasteiger partial charge in [0.05, 0.1) is 19.4 Å². The maximum absolute atomic E-state index is 12.9. The Bertz CT molecular complexity index is 801. The van der Waals surface area contributed by atoms with Crippen molar-refractivity contribution in [3.8, 4) is 0 Å². The predicted octanol–water partition coefficient (Wildman–Crippen LogP) is 2.63. The van der Waals surface area contributed by atoms with E-state index in [1.165, 1.54) is 12.3 Å².